The molecular formula is C21H32N4O2. The van der Waals surface area contributed by atoms with Crippen LogP contribution in [0.25, 0.3) is 0 Å². The van der Waals surface area contributed by atoms with Gasteiger partial charge in [0.2, 0.25) is 11.8 Å². The van der Waals surface area contributed by atoms with E-state index in [1.165, 1.54) is 43.4 Å². The zero-order valence-electron chi connectivity index (χ0n) is 16.3. The molecule has 2 amide bonds. The summed E-state index contributed by atoms with van der Waals surface area (Å²) in [6.45, 7) is 1.97. The van der Waals surface area contributed by atoms with E-state index < -0.39 is 0 Å². The number of hydrogen-bond acceptors (Lipinski definition) is 3. The Morgan fingerprint density at radius 2 is 1.70 bits per heavy atom. The smallest absolute Gasteiger partial charge is 0.225 e. The number of aromatic amines is 1. The van der Waals surface area contributed by atoms with Crippen molar-refractivity contribution in [3.8, 4) is 0 Å². The maximum absolute atomic E-state index is 12.6. The summed E-state index contributed by atoms with van der Waals surface area (Å²) in [6.07, 6.45) is 11.9. The van der Waals surface area contributed by atoms with Gasteiger partial charge in [-0.15, -0.1) is 0 Å². The first kappa shape index (κ1) is 18.5. The first-order valence-electron chi connectivity index (χ1n) is 10.8. The normalized spacial score (nSPS) is 21.7. The van der Waals surface area contributed by atoms with Crippen molar-refractivity contribution in [3.05, 3.63) is 17.0 Å². The largest absolute Gasteiger partial charge is 0.350 e. The summed E-state index contributed by atoms with van der Waals surface area (Å²) in [7, 11) is 0. The molecule has 6 nitrogen and oxygen atoms in total. The number of aromatic nitrogens is 2. The van der Waals surface area contributed by atoms with Crippen molar-refractivity contribution in [2.24, 2.45) is 11.8 Å². The van der Waals surface area contributed by atoms with Gasteiger partial charge in [-0.1, -0.05) is 19.3 Å². The monoisotopic (exact) mass is 372 g/mol. The zero-order valence-corrected chi connectivity index (χ0v) is 16.3. The number of nitrogens with one attached hydrogen (secondary N) is 2. The van der Waals surface area contributed by atoms with Crippen LogP contribution in [0.5, 0.6) is 0 Å². The van der Waals surface area contributed by atoms with E-state index in [0.29, 0.717) is 12.5 Å². The second-order valence-corrected chi connectivity index (χ2v) is 8.49. The van der Waals surface area contributed by atoms with Crippen LogP contribution < -0.4 is 5.32 Å². The summed E-state index contributed by atoms with van der Waals surface area (Å²) < 4.78 is 0. The predicted octanol–water partition coefficient (Wildman–Crippen LogP) is 2.72. The van der Waals surface area contributed by atoms with Crippen molar-refractivity contribution in [1.29, 1.82) is 0 Å². The molecule has 0 atom stereocenters. The Morgan fingerprint density at radius 1 is 0.963 bits per heavy atom. The molecule has 1 aromatic heterocycles. The van der Waals surface area contributed by atoms with Gasteiger partial charge in [0.25, 0.3) is 0 Å². The van der Waals surface area contributed by atoms with Crippen molar-refractivity contribution < 1.29 is 9.59 Å². The summed E-state index contributed by atoms with van der Waals surface area (Å²) in [4.78, 5) is 27.1. The third kappa shape index (κ3) is 4.19. The number of carbonyl (C=O) groups is 2. The lowest BCUT2D eigenvalue weighted by Crippen LogP contribution is -2.44. The van der Waals surface area contributed by atoms with Gasteiger partial charge in [0, 0.05) is 30.6 Å². The van der Waals surface area contributed by atoms with Gasteiger partial charge in [0.15, 0.2) is 0 Å². The third-order valence-electron chi connectivity index (χ3n) is 6.70. The molecule has 3 aliphatic rings. The summed E-state index contributed by atoms with van der Waals surface area (Å²) in [6, 6.07) is 0. The van der Waals surface area contributed by atoms with Crippen LogP contribution in [0.3, 0.4) is 0 Å². The molecule has 27 heavy (non-hydrogen) atoms. The lowest BCUT2D eigenvalue weighted by Gasteiger charge is -2.33. The van der Waals surface area contributed by atoms with Crippen LogP contribution in [-0.2, 0) is 29.0 Å². The molecule has 0 spiro atoms. The SMILES string of the molecule is O=C(NCc1n[nH]c2c1CCCCC2)C1CCN(C(=O)C2CCCC2)CC1. The van der Waals surface area contributed by atoms with Gasteiger partial charge in [-0.2, -0.15) is 5.10 Å². The van der Waals surface area contributed by atoms with E-state index in [-0.39, 0.29) is 17.7 Å². The van der Waals surface area contributed by atoms with E-state index in [1.807, 2.05) is 4.90 Å². The lowest BCUT2D eigenvalue weighted by molar-refractivity contribution is -0.139. The van der Waals surface area contributed by atoms with Crippen LogP contribution in [0, 0.1) is 11.8 Å². The number of nitrogens with zero attached hydrogens (tertiary/aromatic N) is 2. The molecule has 1 aliphatic heterocycles. The Hall–Kier alpha value is -1.85. The maximum atomic E-state index is 12.6. The fourth-order valence-electron chi connectivity index (χ4n) is 4.98. The number of H-pyrrole nitrogens is 1. The maximum Gasteiger partial charge on any atom is 0.225 e. The Balaban J connectivity index is 1.25. The van der Waals surface area contributed by atoms with E-state index in [2.05, 4.69) is 15.5 Å². The van der Waals surface area contributed by atoms with Gasteiger partial charge in [0.05, 0.1) is 12.2 Å². The lowest BCUT2D eigenvalue weighted by atomic mass is 9.94. The number of rotatable bonds is 4. The van der Waals surface area contributed by atoms with Crippen molar-refractivity contribution in [1.82, 2.24) is 20.4 Å². The van der Waals surface area contributed by atoms with Crippen LogP contribution in [-0.4, -0.2) is 40.0 Å². The number of likely N-dealkylation sites (tertiary alicyclic amines) is 1. The average molecular weight is 373 g/mol. The fourth-order valence-corrected chi connectivity index (χ4v) is 4.98. The first-order chi connectivity index (χ1) is 13.2. The summed E-state index contributed by atoms with van der Waals surface area (Å²) in [5.41, 5.74) is 3.59. The average Bonchev–Trinajstić information content (AvgIpc) is 3.31. The molecule has 1 saturated heterocycles. The molecular weight excluding hydrogens is 340 g/mol. The molecule has 2 aliphatic carbocycles. The molecule has 0 radical (unpaired) electrons. The van der Waals surface area contributed by atoms with Crippen LogP contribution in [0.4, 0.5) is 0 Å². The summed E-state index contributed by atoms with van der Waals surface area (Å²) >= 11 is 0. The molecule has 0 bridgehead atoms. The number of carbonyl (C=O) groups excluding carboxylic acids is 2. The van der Waals surface area contributed by atoms with Crippen molar-refractivity contribution in [2.75, 3.05) is 13.1 Å². The van der Waals surface area contributed by atoms with E-state index in [9.17, 15) is 9.59 Å². The van der Waals surface area contributed by atoms with E-state index in [4.69, 9.17) is 0 Å². The fraction of sp³-hybridized carbons (Fsp3) is 0.762. The molecule has 4 rings (SSSR count). The molecule has 0 aromatic carbocycles. The van der Waals surface area contributed by atoms with Gasteiger partial charge >= 0.3 is 0 Å². The topological polar surface area (TPSA) is 78.1 Å². The molecule has 6 heteroatoms. The molecule has 1 saturated carbocycles. The number of aryl methyl sites for hydroxylation is 1. The van der Waals surface area contributed by atoms with Crippen LogP contribution in [0.15, 0.2) is 0 Å². The minimum absolute atomic E-state index is 0.0233. The number of amides is 2. The van der Waals surface area contributed by atoms with E-state index >= 15 is 0 Å². The van der Waals surface area contributed by atoms with E-state index in [1.54, 1.807) is 0 Å². The highest BCUT2D eigenvalue weighted by Crippen LogP contribution is 2.28. The van der Waals surface area contributed by atoms with Gasteiger partial charge in [0.1, 0.15) is 0 Å². The Morgan fingerprint density at radius 3 is 2.48 bits per heavy atom. The first-order valence-corrected chi connectivity index (χ1v) is 10.8. The Kier molecular flexibility index (Phi) is 5.79. The minimum Gasteiger partial charge on any atom is -0.350 e. The van der Waals surface area contributed by atoms with Gasteiger partial charge < -0.3 is 10.2 Å². The molecule has 148 valence electrons. The van der Waals surface area contributed by atoms with Crippen molar-refractivity contribution >= 4 is 11.8 Å². The Bertz CT molecular complexity index is 670. The van der Waals surface area contributed by atoms with Crippen LogP contribution in [0.2, 0.25) is 0 Å². The molecule has 1 aromatic rings. The standard InChI is InChI=1S/C21H32N4O2/c26-20(22-14-19-17-8-2-1-3-9-18(17)23-24-19)15-10-12-25(13-11-15)21(27)16-6-4-5-7-16/h15-16H,1-14H2,(H,22,26)(H,23,24). The van der Waals surface area contributed by atoms with Gasteiger partial charge in [-0.05, 0) is 56.9 Å². The zero-order chi connectivity index (χ0) is 18.6. The second-order valence-electron chi connectivity index (χ2n) is 8.49. The highest BCUT2D eigenvalue weighted by Gasteiger charge is 2.32. The summed E-state index contributed by atoms with van der Waals surface area (Å²) in [5, 5.41) is 10.7. The van der Waals surface area contributed by atoms with Gasteiger partial charge in [-0.25, -0.2) is 0 Å². The Labute approximate surface area is 161 Å². The van der Waals surface area contributed by atoms with Gasteiger partial charge in [-0.3, -0.25) is 14.7 Å². The number of piperidine rings is 1. The number of hydrogen-bond donors (Lipinski definition) is 2. The van der Waals surface area contributed by atoms with E-state index in [0.717, 1.165) is 57.3 Å². The minimum atomic E-state index is 0.0233. The predicted molar refractivity (Wildman–Crippen MR) is 103 cm³/mol. The quantitative estimate of drug-likeness (QED) is 0.798. The third-order valence-corrected chi connectivity index (χ3v) is 6.70. The van der Waals surface area contributed by atoms with Crippen LogP contribution in [0.1, 0.15) is 74.7 Å². The number of fused-ring (bicyclic) bond motifs is 1. The van der Waals surface area contributed by atoms with Crippen molar-refractivity contribution in [2.45, 2.75) is 77.2 Å². The second kappa shape index (κ2) is 8.44. The summed E-state index contributed by atoms with van der Waals surface area (Å²) in [5.74, 6) is 0.708. The highest BCUT2D eigenvalue weighted by atomic mass is 16.2. The molecule has 2 heterocycles. The van der Waals surface area contributed by atoms with Crippen molar-refractivity contribution in [3.63, 3.8) is 0 Å². The molecule has 2 fully saturated rings. The van der Waals surface area contributed by atoms with Crippen LogP contribution >= 0.6 is 0 Å². The molecule has 2 N–H and O–H groups in total. The molecule has 0 unspecified atom stereocenters. The highest BCUT2D eigenvalue weighted by molar-refractivity contribution is 5.81.